The van der Waals surface area contributed by atoms with Crippen molar-refractivity contribution in [3.8, 4) is 0 Å². The Morgan fingerprint density at radius 1 is 1.07 bits per heavy atom. The Bertz CT molecular complexity index is 848. The van der Waals surface area contributed by atoms with Gasteiger partial charge in [-0.3, -0.25) is 9.59 Å². The van der Waals surface area contributed by atoms with Crippen LogP contribution in [0.5, 0.6) is 0 Å². The molecule has 1 saturated carbocycles. The molecule has 5 nitrogen and oxygen atoms in total. The number of amides is 2. The first-order valence-electron chi connectivity index (χ1n) is 10.0. The summed E-state index contributed by atoms with van der Waals surface area (Å²) in [7, 11) is 0. The van der Waals surface area contributed by atoms with Gasteiger partial charge in [-0.1, -0.05) is 43.3 Å². The number of rotatable bonds is 5. The molecular weight excluding hydrogens is 352 g/mol. The van der Waals surface area contributed by atoms with Crippen LogP contribution in [-0.2, 0) is 9.53 Å². The highest BCUT2D eigenvalue weighted by atomic mass is 16.5. The molecule has 0 radical (unpaired) electrons. The smallest absolute Gasteiger partial charge is 0.254 e. The number of nitrogens with zero attached hydrogens (tertiary/aromatic N) is 1. The van der Waals surface area contributed by atoms with E-state index in [4.69, 9.17) is 4.74 Å². The van der Waals surface area contributed by atoms with Crippen LogP contribution >= 0.6 is 0 Å². The SMILES string of the molecule is CCC(=O)Nc1cccc(C(=O)N2C[C@@H](c3ccccc3)O[C@@H](C3CC3)C2)c1. The molecule has 2 aromatic carbocycles. The van der Waals surface area contributed by atoms with E-state index in [9.17, 15) is 9.59 Å². The zero-order chi connectivity index (χ0) is 19.5. The van der Waals surface area contributed by atoms with Gasteiger partial charge in [-0.2, -0.15) is 0 Å². The zero-order valence-electron chi connectivity index (χ0n) is 16.1. The van der Waals surface area contributed by atoms with E-state index in [-0.39, 0.29) is 24.0 Å². The summed E-state index contributed by atoms with van der Waals surface area (Å²) < 4.78 is 6.35. The Morgan fingerprint density at radius 3 is 2.57 bits per heavy atom. The predicted molar refractivity (Wildman–Crippen MR) is 108 cm³/mol. The monoisotopic (exact) mass is 378 g/mol. The number of nitrogens with one attached hydrogen (secondary N) is 1. The van der Waals surface area contributed by atoms with E-state index < -0.39 is 0 Å². The molecule has 0 spiro atoms. The van der Waals surface area contributed by atoms with Gasteiger partial charge < -0.3 is 15.0 Å². The summed E-state index contributed by atoms with van der Waals surface area (Å²) in [4.78, 5) is 26.8. The third-order valence-electron chi connectivity index (χ3n) is 5.45. The maximum Gasteiger partial charge on any atom is 0.254 e. The van der Waals surface area contributed by atoms with Crippen LogP contribution in [0.4, 0.5) is 5.69 Å². The molecule has 146 valence electrons. The van der Waals surface area contributed by atoms with E-state index >= 15 is 0 Å². The quantitative estimate of drug-likeness (QED) is 0.855. The fourth-order valence-electron chi connectivity index (χ4n) is 3.70. The van der Waals surface area contributed by atoms with Crippen molar-refractivity contribution >= 4 is 17.5 Å². The maximum atomic E-state index is 13.2. The highest BCUT2D eigenvalue weighted by Crippen LogP contribution is 2.39. The number of hydrogen-bond donors (Lipinski definition) is 1. The number of carbonyl (C=O) groups is 2. The minimum Gasteiger partial charge on any atom is -0.366 e. The lowest BCUT2D eigenvalue weighted by Gasteiger charge is -2.38. The van der Waals surface area contributed by atoms with E-state index in [1.165, 1.54) is 12.8 Å². The third kappa shape index (κ3) is 4.25. The molecule has 1 heterocycles. The highest BCUT2D eigenvalue weighted by Gasteiger charge is 2.40. The Balaban J connectivity index is 1.54. The second-order valence-corrected chi connectivity index (χ2v) is 7.60. The number of hydrogen-bond acceptors (Lipinski definition) is 3. The number of benzene rings is 2. The minimum absolute atomic E-state index is 0.0116. The lowest BCUT2D eigenvalue weighted by atomic mass is 10.0. The predicted octanol–water partition coefficient (Wildman–Crippen LogP) is 4.03. The molecule has 1 N–H and O–H groups in total. The van der Waals surface area contributed by atoms with Crippen LogP contribution in [0.3, 0.4) is 0 Å². The molecule has 1 aliphatic carbocycles. The first kappa shape index (κ1) is 18.7. The van der Waals surface area contributed by atoms with Gasteiger partial charge in [0.25, 0.3) is 5.91 Å². The van der Waals surface area contributed by atoms with E-state index in [1.54, 1.807) is 13.0 Å². The number of anilines is 1. The van der Waals surface area contributed by atoms with E-state index in [2.05, 4.69) is 17.4 Å². The Kier molecular flexibility index (Phi) is 5.44. The molecule has 0 bridgehead atoms. The first-order chi connectivity index (χ1) is 13.6. The molecule has 2 aromatic rings. The summed E-state index contributed by atoms with van der Waals surface area (Å²) >= 11 is 0. The second kappa shape index (κ2) is 8.15. The van der Waals surface area contributed by atoms with Crippen molar-refractivity contribution in [2.75, 3.05) is 18.4 Å². The van der Waals surface area contributed by atoms with Crippen LogP contribution in [0, 0.1) is 5.92 Å². The highest BCUT2D eigenvalue weighted by molar-refractivity contribution is 5.97. The van der Waals surface area contributed by atoms with Gasteiger partial charge in [0, 0.05) is 24.2 Å². The molecule has 5 heteroatoms. The number of morpholine rings is 1. The third-order valence-corrected chi connectivity index (χ3v) is 5.45. The topological polar surface area (TPSA) is 58.6 Å². The summed E-state index contributed by atoms with van der Waals surface area (Å²) in [6.07, 6.45) is 2.74. The van der Waals surface area contributed by atoms with Gasteiger partial charge in [0.05, 0.1) is 12.6 Å². The van der Waals surface area contributed by atoms with Crippen molar-refractivity contribution in [2.45, 2.75) is 38.4 Å². The van der Waals surface area contributed by atoms with Gasteiger partial charge >= 0.3 is 0 Å². The molecular formula is C23H26N2O3. The lowest BCUT2D eigenvalue weighted by Crippen LogP contribution is -2.47. The standard InChI is InChI=1S/C23H26N2O3/c1-2-22(26)24-19-10-6-9-18(13-19)23(27)25-14-20(16-7-4-3-5-8-16)28-21(15-25)17-11-12-17/h3-10,13,17,20-21H,2,11-12,14-15H2,1H3,(H,24,26)/t20-,21+/m0/s1. The fraction of sp³-hybridized carbons (Fsp3) is 0.391. The molecule has 2 fully saturated rings. The van der Waals surface area contributed by atoms with Gasteiger partial charge in [-0.15, -0.1) is 0 Å². The molecule has 0 unspecified atom stereocenters. The number of carbonyl (C=O) groups excluding carboxylic acids is 2. The fourth-order valence-corrected chi connectivity index (χ4v) is 3.70. The van der Waals surface area contributed by atoms with Crippen molar-refractivity contribution in [3.63, 3.8) is 0 Å². The normalized spacial score (nSPS) is 22.0. The van der Waals surface area contributed by atoms with Crippen LogP contribution in [-0.4, -0.2) is 35.9 Å². The van der Waals surface area contributed by atoms with Gasteiger partial charge in [0.1, 0.15) is 6.10 Å². The van der Waals surface area contributed by atoms with E-state index in [1.807, 2.05) is 41.3 Å². The summed E-state index contributed by atoms with van der Waals surface area (Å²) in [6.45, 7) is 2.97. The van der Waals surface area contributed by atoms with Gasteiger partial charge in [-0.25, -0.2) is 0 Å². The lowest BCUT2D eigenvalue weighted by molar-refractivity contribution is -0.115. The van der Waals surface area contributed by atoms with Crippen LogP contribution in [0.15, 0.2) is 54.6 Å². The summed E-state index contributed by atoms with van der Waals surface area (Å²) in [5.74, 6) is 0.480. The molecule has 1 aliphatic heterocycles. The average Bonchev–Trinajstić information content (AvgIpc) is 3.59. The summed E-state index contributed by atoms with van der Waals surface area (Å²) in [6, 6.07) is 17.3. The van der Waals surface area contributed by atoms with Gasteiger partial charge in [0.2, 0.25) is 5.91 Å². The molecule has 2 amide bonds. The van der Waals surface area contributed by atoms with Crippen molar-refractivity contribution in [1.29, 1.82) is 0 Å². The zero-order valence-corrected chi connectivity index (χ0v) is 16.1. The van der Waals surface area contributed by atoms with Crippen molar-refractivity contribution in [1.82, 2.24) is 4.90 Å². The molecule has 2 atom stereocenters. The van der Waals surface area contributed by atoms with Gasteiger partial charge in [-0.05, 0) is 42.5 Å². The Hall–Kier alpha value is -2.66. The molecule has 4 rings (SSSR count). The number of ether oxygens (including phenoxy) is 1. The first-order valence-corrected chi connectivity index (χ1v) is 10.0. The Labute approximate surface area is 165 Å². The summed E-state index contributed by atoms with van der Waals surface area (Å²) in [5.41, 5.74) is 2.36. The average molecular weight is 378 g/mol. The summed E-state index contributed by atoms with van der Waals surface area (Å²) in [5, 5.41) is 2.83. The van der Waals surface area contributed by atoms with E-state index in [0.29, 0.717) is 36.7 Å². The van der Waals surface area contributed by atoms with Crippen LogP contribution in [0.2, 0.25) is 0 Å². The second-order valence-electron chi connectivity index (χ2n) is 7.60. The molecule has 0 aromatic heterocycles. The van der Waals surface area contributed by atoms with Crippen LogP contribution in [0.25, 0.3) is 0 Å². The largest absolute Gasteiger partial charge is 0.366 e. The molecule has 28 heavy (non-hydrogen) atoms. The van der Waals surface area contributed by atoms with Crippen molar-refractivity contribution in [3.05, 3.63) is 65.7 Å². The van der Waals surface area contributed by atoms with Crippen LogP contribution < -0.4 is 5.32 Å². The van der Waals surface area contributed by atoms with Gasteiger partial charge in [0.15, 0.2) is 0 Å². The maximum absolute atomic E-state index is 13.2. The van der Waals surface area contributed by atoms with Crippen molar-refractivity contribution in [2.24, 2.45) is 5.92 Å². The molecule has 1 saturated heterocycles. The minimum atomic E-state index is -0.104. The van der Waals surface area contributed by atoms with E-state index in [0.717, 1.165) is 5.56 Å². The molecule has 2 aliphatic rings. The Morgan fingerprint density at radius 2 is 1.86 bits per heavy atom. The van der Waals surface area contributed by atoms with Crippen LogP contribution in [0.1, 0.15) is 48.2 Å². The van der Waals surface area contributed by atoms with Crippen molar-refractivity contribution < 1.29 is 14.3 Å².